The van der Waals surface area contributed by atoms with Crippen LogP contribution in [0.15, 0.2) is 11.1 Å². The zero-order chi connectivity index (χ0) is 21.7. The summed E-state index contributed by atoms with van der Waals surface area (Å²) < 4.78 is 0. The minimum atomic E-state index is 0.464. The molecular formula is C30H50. The lowest BCUT2D eigenvalue weighted by atomic mass is 9.34. The van der Waals surface area contributed by atoms with Gasteiger partial charge in [-0.15, -0.1) is 0 Å². The van der Waals surface area contributed by atoms with Crippen LogP contribution in [0.5, 0.6) is 0 Å². The van der Waals surface area contributed by atoms with Crippen molar-refractivity contribution in [1.29, 1.82) is 0 Å². The fourth-order valence-electron chi connectivity index (χ4n) is 11.3. The predicted molar refractivity (Wildman–Crippen MR) is 129 cm³/mol. The Morgan fingerprint density at radius 1 is 0.700 bits per heavy atom. The van der Waals surface area contributed by atoms with Gasteiger partial charge in [0.05, 0.1) is 0 Å². The van der Waals surface area contributed by atoms with Gasteiger partial charge in [0.2, 0.25) is 0 Å². The number of fused-ring (bicyclic) bond motifs is 6. The summed E-state index contributed by atoms with van der Waals surface area (Å²) >= 11 is 0. The maximum atomic E-state index is 2.78. The van der Waals surface area contributed by atoms with Crippen LogP contribution in [0, 0.1) is 50.7 Å². The Bertz CT molecular complexity index is 754. The molecule has 30 heavy (non-hydrogen) atoms. The van der Waals surface area contributed by atoms with Crippen LogP contribution in [0.3, 0.4) is 0 Å². The van der Waals surface area contributed by atoms with E-state index in [1.807, 2.05) is 11.1 Å². The van der Waals surface area contributed by atoms with E-state index in [9.17, 15) is 0 Å². The molecule has 0 saturated heterocycles. The molecular weight excluding hydrogens is 360 g/mol. The molecule has 0 radical (unpaired) electrons. The monoisotopic (exact) mass is 410 g/mol. The lowest BCUT2D eigenvalue weighted by molar-refractivity contribution is -0.179. The second kappa shape index (κ2) is 6.41. The average molecular weight is 411 g/mol. The van der Waals surface area contributed by atoms with Crippen LogP contribution in [0.1, 0.15) is 126 Å². The van der Waals surface area contributed by atoms with Crippen LogP contribution in [0.2, 0.25) is 0 Å². The van der Waals surface area contributed by atoms with E-state index < -0.39 is 0 Å². The van der Waals surface area contributed by atoms with Crippen LogP contribution in [-0.2, 0) is 0 Å². The third-order valence-electron chi connectivity index (χ3n) is 12.9. The van der Waals surface area contributed by atoms with Gasteiger partial charge < -0.3 is 0 Å². The highest BCUT2D eigenvalue weighted by Crippen LogP contribution is 2.75. The van der Waals surface area contributed by atoms with Crippen molar-refractivity contribution < 1.29 is 0 Å². The highest BCUT2D eigenvalue weighted by molar-refractivity contribution is 5.38. The summed E-state index contributed by atoms with van der Waals surface area (Å²) in [4.78, 5) is 0. The molecule has 0 heteroatoms. The summed E-state index contributed by atoms with van der Waals surface area (Å²) in [5.41, 5.74) is 6.57. The Kier molecular flexibility index (Phi) is 4.61. The Balaban J connectivity index is 1.58. The van der Waals surface area contributed by atoms with E-state index in [1.54, 1.807) is 0 Å². The zero-order valence-electron chi connectivity index (χ0n) is 21.6. The van der Waals surface area contributed by atoms with E-state index in [-0.39, 0.29) is 0 Å². The molecule has 0 bridgehead atoms. The first kappa shape index (κ1) is 21.6. The molecule has 0 N–H and O–H groups in total. The molecule has 0 heterocycles. The van der Waals surface area contributed by atoms with E-state index in [4.69, 9.17) is 0 Å². The molecule has 7 atom stereocenters. The quantitative estimate of drug-likeness (QED) is 0.378. The molecule has 7 unspecified atom stereocenters. The third kappa shape index (κ3) is 2.46. The summed E-state index contributed by atoms with van der Waals surface area (Å²) in [6.07, 6.45) is 16.1. The normalized spacial score (nSPS) is 52.5. The van der Waals surface area contributed by atoms with E-state index in [2.05, 4.69) is 55.4 Å². The molecule has 5 aliphatic rings. The first-order chi connectivity index (χ1) is 13.9. The van der Waals surface area contributed by atoms with Crippen molar-refractivity contribution in [3.63, 3.8) is 0 Å². The molecule has 0 aliphatic heterocycles. The largest absolute Gasteiger partial charge is 0.0642 e. The Labute approximate surface area is 188 Å². The van der Waals surface area contributed by atoms with Crippen molar-refractivity contribution in [2.24, 2.45) is 50.7 Å². The Hall–Kier alpha value is -0.260. The van der Waals surface area contributed by atoms with Gasteiger partial charge in [-0.05, 0) is 115 Å². The van der Waals surface area contributed by atoms with E-state index >= 15 is 0 Å². The minimum absolute atomic E-state index is 0.464. The molecule has 0 spiro atoms. The molecule has 5 aliphatic carbocycles. The number of hydrogen-bond donors (Lipinski definition) is 0. The zero-order valence-corrected chi connectivity index (χ0v) is 21.6. The summed E-state index contributed by atoms with van der Waals surface area (Å²) in [6.45, 7) is 21.1. The average Bonchev–Trinajstić information content (AvgIpc) is 2.99. The fourth-order valence-corrected chi connectivity index (χ4v) is 11.3. The van der Waals surface area contributed by atoms with E-state index in [0.717, 1.165) is 23.7 Å². The number of allylic oxidation sites excluding steroid dienone is 2. The second-order valence-corrected chi connectivity index (χ2v) is 14.5. The Morgan fingerprint density at radius 2 is 1.40 bits per heavy atom. The van der Waals surface area contributed by atoms with Crippen LogP contribution >= 0.6 is 0 Å². The number of rotatable bonds is 1. The maximum absolute atomic E-state index is 2.78. The minimum Gasteiger partial charge on any atom is -0.0642 e. The van der Waals surface area contributed by atoms with Crippen LogP contribution in [0.4, 0.5) is 0 Å². The van der Waals surface area contributed by atoms with Crippen molar-refractivity contribution in [1.82, 2.24) is 0 Å². The van der Waals surface area contributed by atoms with Crippen LogP contribution < -0.4 is 0 Å². The first-order valence-electron chi connectivity index (χ1n) is 13.6. The maximum Gasteiger partial charge on any atom is -0.00566 e. The summed E-state index contributed by atoms with van der Waals surface area (Å²) in [6, 6.07) is 0. The summed E-state index contributed by atoms with van der Waals surface area (Å²) in [5, 5.41) is 0. The Morgan fingerprint density at radius 3 is 2.10 bits per heavy atom. The SMILES string of the molecule is CC(C)C1CCC2=C3CCC4C5(C)CCCC(C)(C)C5CCC4(C)C3(C)CCC21C. The number of hydrogen-bond acceptors (Lipinski definition) is 0. The van der Waals surface area contributed by atoms with Gasteiger partial charge in [0.25, 0.3) is 0 Å². The van der Waals surface area contributed by atoms with Gasteiger partial charge in [0.15, 0.2) is 0 Å². The van der Waals surface area contributed by atoms with Gasteiger partial charge in [-0.1, -0.05) is 73.0 Å². The highest BCUT2D eigenvalue weighted by atomic mass is 14.7. The van der Waals surface area contributed by atoms with Crippen LogP contribution in [-0.4, -0.2) is 0 Å². The van der Waals surface area contributed by atoms with Gasteiger partial charge in [0.1, 0.15) is 0 Å². The predicted octanol–water partition coefficient (Wildman–Crippen LogP) is 9.20. The first-order valence-corrected chi connectivity index (χ1v) is 13.6. The van der Waals surface area contributed by atoms with E-state index in [0.29, 0.717) is 27.1 Å². The molecule has 5 rings (SSSR count). The molecule has 0 nitrogen and oxygen atoms in total. The molecule has 0 aromatic rings. The lowest BCUT2D eigenvalue weighted by Gasteiger charge is -2.70. The standard InChI is InChI=1S/C30H50/c1-20(2)21-10-11-22-23-12-13-25-28(6)16-9-15-26(3,4)24(28)14-17-30(25,8)29(23,7)19-18-27(21,22)5/h20-21,24-25H,9-19H2,1-8H3. The van der Waals surface area contributed by atoms with Gasteiger partial charge in [-0.3, -0.25) is 0 Å². The molecule has 170 valence electrons. The van der Waals surface area contributed by atoms with Gasteiger partial charge in [-0.2, -0.15) is 0 Å². The third-order valence-corrected chi connectivity index (χ3v) is 12.9. The van der Waals surface area contributed by atoms with Crippen molar-refractivity contribution in [3.05, 3.63) is 11.1 Å². The van der Waals surface area contributed by atoms with Gasteiger partial charge in [-0.25, -0.2) is 0 Å². The molecule has 4 fully saturated rings. The van der Waals surface area contributed by atoms with Crippen LogP contribution in [0.25, 0.3) is 0 Å². The summed E-state index contributed by atoms with van der Waals surface area (Å²) in [7, 11) is 0. The topological polar surface area (TPSA) is 0 Å². The lowest BCUT2D eigenvalue weighted by Crippen LogP contribution is -2.62. The van der Waals surface area contributed by atoms with Crippen molar-refractivity contribution >= 4 is 0 Å². The fraction of sp³-hybridized carbons (Fsp3) is 0.933. The molecule has 0 aromatic carbocycles. The second-order valence-electron chi connectivity index (χ2n) is 14.5. The van der Waals surface area contributed by atoms with E-state index in [1.165, 1.54) is 70.6 Å². The smallest absolute Gasteiger partial charge is 0.00566 e. The van der Waals surface area contributed by atoms with Gasteiger partial charge >= 0.3 is 0 Å². The van der Waals surface area contributed by atoms with Crippen molar-refractivity contribution in [3.8, 4) is 0 Å². The molecule has 0 amide bonds. The van der Waals surface area contributed by atoms with Crippen molar-refractivity contribution in [2.75, 3.05) is 0 Å². The molecule has 0 aromatic heterocycles. The highest BCUT2D eigenvalue weighted by Gasteiger charge is 2.66. The molecule has 4 saturated carbocycles. The van der Waals surface area contributed by atoms with Gasteiger partial charge in [0, 0.05) is 0 Å². The van der Waals surface area contributed by atoms with Crippen molar-refractivity contribution in [2.45, 2.75) is 126 Å². The summed E-state index contributed by atoms with van der Waals surface area (Å²) in [5.74, 6) is 3.63.